The number of aromatic nitrogens is 3. The fraction of sp³-hybridized carbons (Fsp3) is 0.333. The van der Waals surface area contributed by atoms with Crippen LogP contribution in [0.5, 0.6) is 0 Å². The molecular formula is C18H21N5O2. The highest BCUT2D eigenvalue weighted by Crippen LogP contribution is 2.23. The molecule has 1 aliphatic rings. The lowest BCUT2D eigenvalue weighted by molar-refractivity contribution is -0.122. The van der Waals surface area contributed by atoms with Crippen LogP contribution in [-0.2, 0) is 4.79 Å². The summed E-state index contributed by atoms with van der Waals surface area (Å²) in [6.07, 6.45) is 8.33. The van der Waals surface area contributed by atoms with Gasteiger partial charge in [0.2, 0.25) is 0 Å². The predicted octanol–water partition coefficient (Wildman–Crippen LogP) is 1.95. The number of hydrogen-bond donors (Lipinski definition) is 1. The molecule has 1 amide bonds. The van der Waals surface area contributed by atoms with Gasteiger partial charge in [-0.3, -0.25) is 9.59 Å². The summed E-state index contributed by atoms with van der Waals surface area (Å²) < 4.78 is 1.52. The normalized spacial score (nSPS) is 13.5. The van der Waals surface area contributed by atoms with E-state index in [2.05, 4.69) is 10.1 Å². The lowest BCUT2D eigenvalue weighted by atomic mass is 10.1. The van der Waals surface area contributed by atoms with Crippen LogP contribution in [0, 0.1) is 5.92 Å². The maximum Gasteiger partial charge on any atom is 0.255 e. The average molecular weight is 339 g/mol. The van der Waals surface area contributed by atoms with Crippen molar-refractivity contribution in [2.24, 2.45) is 5.92 Å². The molecule has 3 rings (SSSR count). The lowest BCUT2D eigenvalue weighted by Gasteiger charge is -2.17. The largest absolute Gasteiger partial charge is 0.396 e. The van der Waals surface area contributed by atoms with Gasteiger partial charge in [-0.15, -0.1) is 5.10 Å². The molecule has 2 heterocycles. The van der Waals surface area contributed by atoms with Gasteiger partial charge in [-0.05, 0) is 12.5 Å². The molecule has 0 aromatic carbocycles. The topological polar surface area (TPSA) is 93.6 Å². The number of Topliss-reactive ketones (excluding diaryl/α,β-unsaturated/α-hetero) is 1. The first-order valence-corrected chi connectivity index (χ1v) is 8.17. The molecule has 0 radical (unpaired) electrons. The van der Waals surface area contributed by atoms with Crippen LogP contribution >= 0.6 is 0 Å². The van der Waals surface area contributed by atoms with E-state index in [-0.39, 0.29) is 24.2 Å². The van der Waals surface area contributed by atoms with E-state index in [4.69, 9.17) is 5.73 Å². The quantitative estimate of drug-likeness (QED) is 0.898. The molecule has 7 nitrogen and oxygen atoms in total. The number of pyridine rings is 1. The molecule has 0 spiro atoms. The van der Waals surface area contributed by atoms with E-state index < -0.39 is 0 Å². The third-order valence-corrected chi connectivity index (χ3v) is 4.15. The molecule has 2 aromatic rings. The summed E-state index contributed by atoms with van der Waals surface area (Å²) >= 11 is 0. The molecule has 0 saturated carbocycles. The Morgan fingerprint density at radius 2 is 2.16 bits per heavy atom. The summed E-state index contributed by atoms with van der Waals surface area (Å²) in [6.45, 7) is 3.69. The zero-order valence-electron chi connectivity index (χ0n) is 14.6. The van der Waals surface area contributed by atoms with Gasteiger partial charge in [0.25, 0.3) is 5.91 Å². The summed E-state index contributed by atoms with van der Waals surface area (Å²) in [5.41, 5.74) is 8.33. The maximum atomic E-state index is 12.6. The SMILES string of the molecule is CC(C)C(=O)CN(C)C(=O)c1cc(N)c2nc(C3=CC=CC3)nn2c1. The number of anilines is 1. The molecule has 7 heteroatoms. The van der Waals surface area contributed by atoms with Crippen molar-refractivity contribution in [2.75, 3.05) is 19.3 Å². The van der Waals surface area contributed by atoms with Crippen LogP contribution in [0.2, 0.25) is 0 Å². The number of allylic oxidation sites excluding steroid dienone is 4. The summed E-state index contributed by atoms with van der Waals surface area (Å²) in [5.74, 6) is 0.216. The van der Waals surface area contributed by atoms with Crippen LogP contribution in [0.4, 0.5) is 5.69 Å². The minimum atomic E-state index is -0.276. The van der Waals surface area contributed by atoms with Gasteiger partial charge in [0.05, 0.1) is 17.8 Å². The summed E-state index contributed by atoms with van der Waals surface area (Å²) in [7, 11) is 1.60. The monoisotopic (exact) mass is 339 g/mol. The number of fused-ring (bicyclic) bond motifs is 1. The maximum absolute atomic E-state index is 12.6. The molecule has 2 aromatic heterocycles. The fourth-order valence-corrected chi connectivity index (χ4v) is 2.59. The first-order valence-electron chi connectivity index (χ1n) is 8.17. The van der Waals surface area contributed by atoms with Gasteiger partial charge in [0.15, 0.2) is 17.3 Å². The number of hydrogen-bond acceptors (Lipinski definition) is 5. The first kappa shape index (κ1) is 16.9. The molecule has 0 fully saturated rings. The van der Waals surface area contributed by atoms with E-state index in [0.29, 0.717) is 22.7 Å². The molecule has 0 aliphatic heterocycles. The molecule has 2 N–H and O–H groups in total. The van der Waals surface area contributed by atoms with Gasteiger partial charge in [-0.25, -0.2) is 9.50 Å². The number of rotatable bonds is 5. The number of nitrogen functional groups attached to an aromatic ring is 1. The molecule has 1 aliphatic carbocycles. The van der Waals surface area contributed by atoms with E-state index in [1.807, 2.05) is 32.1 Å². The van der Waals surface area contributed by atoms with Gasteiger partial charge in [-0.2, -0.15) is 0 Å². The summed E-state index contributed by atoms with van der Waals surface area (Å²) in [6, 6.07) is 1.58. The van der Waals surface area contributed by atoms with Crippen molar-refractivity contribution >= 4 is 28.6 Å². The summed E-state index contributed by atoms with van der Waals surface area (Å²) in [5, 5.41) is 4.43. The van der Waals surface area contributed by atoms with Crippen molar-refractivity contribution in [2.45, 2.75) is 20.3 Å². The zero-order chi connectivity index (χ0) is 18.1. The van der Waals surface area contributed by atoms with Gasteiger partial charge in [-0.1, -0.05) is 32.1 Å². The summed E-state index contributed by atoms with van der Waals surface area (Å²) in [4.78, 5) is 30.3. The van der Waals surface area contributed by atoms with E-state index in [9.17, 15) is 9.59 Å². The zero-order valence-corrected chi connectivity index (χ0v) is 14.6. The Kier molecular flexibility index (Phi) is 4.39. The average Bonchev–Trinajstić information content (AvgIpc) is 3.22. The Hall–Kier alpha value is -2.96. The van der Waals surface area contributed by atoms with Crippen molar-refractivity contribution < 1.29 is 9.59 Å². The molecular weight excluding hydrogens is 318 g/mol. The van der Waals surface area contributed by atoms with Crippen LogP contribution in [0.15, 0.2) is 30.5 Å². The molecule has 130 valence electrons. The number of ketones is 1. The van der Waals surface area contributed by atoms with Crippen LogP contribution in [0.3, 0.4) is 0 Å². The van der Waals surface area contributed by atoms with Gasteiger partial charge in [0.1, 0.15) is 0 Å². The fourth-order valence-electron chi connectivity index (χ4n) is 2.59. The predicted molar refractivity (Wildman–Crippen MR) is 95.9 cm³/mol. The number of nitrogens with two attached hydrogens (primary N) is 1. The molecule has 0 bridgehead atoms. The smallest absolute Gasteiger partial charge is 0.255 e. The second-order valence-electron chi connectivity index (χ2n) is 6.49. The van der Waals surface area contributed by atoms with E-state index in [1.165, 1.54) is 9.42 Å². The Bertz CT molecular complexity index is 908. The first-order chi connectivity index (χ1) is 11.9. The van der Waals surface area contributed by atoms with Crippen molar-refractivity contribution in [3.05, 3.63) is 41.9 Å². The highest BCUT2D eigenvalue weighted by atomic mass is 16.2. The van der Waals surface area contributed by atoms with E-state index in [1.54, 1.807) is 19.3 Å². The second kappa shape index (κ2) is 6.51. The molecule has 0 unspecified atom stereocenters. The highest BCUT2D eigenvalue weighted by Gasteiger charge is 2.19. The van der Waals surface area contributed by atoms with E-state index in [0.717, 1.165) is 12.0 Å². The number of carbonyl (C=O) groups is 2. The minimum Gasteiger partial charge on any atom is -0.396 e. The molecule has 0 saturated heterocycles. The molecule has 0 atom stereocenters. The Labute approximate surface area is 145 Å². The molecule has 25 heavy (non-hydrogen) atoms. The highest BCUT2D eigenvalue weighted by molar-refractivity contribution is 5.98. The van der Waals surface area contributed by atoms with Crippen LogP contribution in [-0.4, -0.2) is 44.8 Å². The minimum absolute atomic E-state index is 0.00797. The lowest BCUT2D eigenvalue weighted by Crippen LogP contribution is -2.34. The van der Waals surface area contributed by atoms with Crippen LogP contribution in [0.1, 0.15) is 36.5 Å². The number of likely N-dealkylation sites (N-methyl/N-ethyl adjacent to an activating group) is 1. The van der Waals surface area contributed by atoms with Crippen LogP contribution < -0.4 is 5.73 Å². The third-order valence-electron chi connectivity index (χ3n) is 4.15. The number of amides is 1. The van der Waals surface area contributed by atoms with Crippen molar-refractivity contribution in [3.8, 4) is 0 Å². The Morgan fingerprint density at radius 3 is 2.80 bits per heavy atom. The number of carbonyl (C=O) groups excluding carboxylic acids is 2. The van der Waals surface area contributed by atoms with Gasteiger partial charge < -0.3 is 10.6 Å². The van der Waals surface area contributed by atoms with Gasteiger partial charge >= 0.3 is 0 Å². The van der Waals surface area contributed by atoms with Crippen molar-refractivity contribution in [3.63, 3.8) is 0 Å². The third kappa shape index (κ3) is 3.31. The van der Waals surface area contributed by atoms with Crippen molar-refractivity contribution in [1.29, 1.82) is 0 Å². The Morgan fingerprint density at radius 1 is 1.40 bits per heavy atom. The standard InChI is InChI=1S/C18H21N5O2/c1-11(2)15(24)10-22(3)18(25)13-8-14(19)17-20-16(21-23(17)9-13)12-6-4-5-7-12/h4-6,8-9,11H,7,10,19H2,1-3H3. The van der Waals surface area contributed by atoms with Gasteiger partial charge in [0, 0.05) is 24.7 Å². The van der Waals surface area contributed by atoms with E-state index >= 15 is 0 Å². The van der Waals surface area contributed by atoms with Crippen molar-refractivity contribution in [1.82, 2.24) is 19.5 Å². The Balaban J connectivity index is 1.89. The van der Waals surface area contributed by atoms with Crippen LogP contribution in [0.25, 0.3) is 11.2 Å². The second-order valence-corrected chi connectivity index (χ2v) is 6.49. The number of nitrogens with zero attached hydrogens (tertiary/aromatic N) is 4.